The molecule has 0 saturated heterocycles. The van der Waals surface area contributed by atoms with E-state index in [1.54, 1.807) is 18.2 Å². The van der Waals surface area contributed by atoms with Crippen molar-refractivity contribution in [2.45, 2.75) is 26.7 Å². The van der Waals surface area contributed by atoms with Gasteiger partial charge in [0, 0.05) is 18.2 Å². The van der Waals surface area contributed by atoms with Gasteiger partial charge >= 0.3 is 0 Å². The fourth-order valence-corrected chi connectivity index (χ4v) is 2.33. The Morgan fingerprint density at radius 2 is 1.95 bits per heavy atom. The first-order valence-electron chi connectivity index (χ1n) is 6.47. The zero-order chi connectivity index (χ0) is 14.7. The lowest BCUT2D eigenvalue weighted by molar-refractivity contribution is 0.630. The zero-order valence-electron chi connectivity index (χ0n) is 11.4. The summed E-state index contributed by atoms with van der Waals surface area (Å²) in [7, 11) is 0. The number of hydrogen-bond acceptors (Lipinski definition) is 2. The van der Waals surface area contributed by atoms with Crippen LogP contribution >= 0.6 is 23.2 Å². The highest BCUT2D eigenvalue weighted by atomic mass is 35.5. The quantitative estimate of drug-likeness (QED) is 0.932. The van der Waals surface area contributed by atoms with E-state index in [1.165, 1.54) is 0 Å². The predicted molar refractivity (Wildman–Crippen MR) is 82.7 cm³/mol. The van der Waals surface area contributed by atoms with Crippen molar-refractivity contribution >= 4 is 23.2 Å². The lowest BCUT2D eigenvalue weighted by Crippen LogP contribution is -2.14. The van der Waals surface area contributed by atoms with Crippen molar-refractivity contribution < 1.29 is 0 Å². The van der Waals surface area contributed by atoms with Gasteiger partial charge in [-0.2, -0.15) is 0 Å². The number of nitrogens with one attached hydrogen (secondary N) is 1. The van der Waals surface area contributed by atoms with Gasteiger partial charge in [-0.15, -0.1) is 0 Å². The summed E-state index contributed by atoms with van der Waals surface area (Å²) in [6, 6.07) is 6.97. The molecule has 0 bridgehead atoms. The summed E-state index contributed by atoms with van der Waals surface area (Å²) in [6.07, 6.45) is 1.32. The topological polar surface area (TPSA) is 45.8 Å². The van der Waals surface area contributed by atoms with E-state index in [0.717, 1.165) is 17.7 Å². The van der Waals surface area contributed by atoms with E-state index in [9.17, 15) is 4.79 Å². The van der Waals surface area contributed by atoms with E-state index in [2.05, 4.69) is 23.8 Å². The van der Waals surface area contributed by atoms with Crippen molar-refractivity contribution in [1.29, 1.82) is 0 Å². The molecule has 2 rings (SSSR count). The van der Waals surface area contributed by atoms with Gasteiger partial charge in [0.15, 0.2) is 0 Å². The normalized spacial score (nSPS) is 11.1. The van der Waals surface area contributed by atoms with Gasteiger partial charge in [-0.25, -0.2) is 4.98 Å². The van der Waals surface area contributed by atoms with Crippen LogP contribution in [-0.4, -0.2) is 9.97 Å². The molecule has 0 aliphatic rings. The highest BCUT2D eigenvalue weighted by Gasteiger charge is 2.06. The number of nitrogens with zero attached hydrogens (tertiary/aromatic N) is 1. The Hall–Kier alpha value is -1.32. The Labute approximate surface area is 128 Å². The molecule has 0 saturated carbocycles. The largest absolute Gasteiger partial charge is 0.310 e. The van der Waals surface area contributed by atoms with Crippen molar-refractivity contribution in [3.63, 3.8) is 0 Å². The summed E-state index contributed by atoms with van der Waals surface area (Å²) >= 11 is 11.9. The molecule has 0 aliphatic heterocycles. The first kappa shape index (κ1) is 15.1. The van der Waals surface area contributed by atoms with Crippen LogP contribution in [0.25, 0.3) is 0 Å². The van der Waals surface area contributed by atoms with Gasteiger partial charge < -0.3 is 4.98 Å². The van der Waals surface area contributed by atoms with Crippen LogP contribution in [0.1, 0.15) is 30.9 Å². The number of H-pyrrole nitrogens is 1. The van der Waals surface area contributed by atoms with Gasteiger partial charge in [0.05, 0.1) is 10.0 Å². The minimum atomic E-state index is -0.120. The van der Waals surface area contributed by atoms with Crippen LogP contribution in [0.15, 0.2) is 29.1 Å². The first-order valence-corrected chi connectivity index (χ1v) is 7.22. The van der Waals surface area contributed by atoms with E-state index in [-0.39, 0.29) is 5.56 Å². The Kier molecular flexibility index (Phi) is 4.84. The Bertz CT molecular complexity index is 665. The molecule has 0 unspecified atom stereocenters. The molecule has 3 nitrogen and oxygen atoms in total. The van der Waals surface area contributed by atoms with E-state index in [1.807, 2.05) is 6.07 Å². The summed E-state index contributed by atoms with van der Waals surface area (Å²) in [6.45, 7) is 4.20. The van der Waals surface area contributed by atoms with Gasteiger partial charge in [-0.3, -0.25) is 4.79 Å². The summed E-state index contributed by atoms with van der Waals surface area (Å²) in [5.74, 6) is 1.11. The molecule has 0 spiro atoms. The molecule has 0 aliphatic carbocycles. The van der Waals surface area contributed by atoms with Crippen LogP contribution in [0.5, 0.6) is 0 Å². The SMILES string of the molecule is CC(C)Cc1cc(=O)[nH]c(Cc2ccc(Cl)c(Cl)c2)n1. The fraction of sp³-hybridized carbons (Fsp3) is 0.333. The minimum absolute atomic E-state index is 0.120. The van der Waals surface area contributed by atoms with Crippen LogP contribution in [0.3, 0.4) is 0 Å². The molecule has 0 radical (unpaired) electrons. The molecule has 20 heavy (non-hydrogen) atoms. The summed E-state index contributed by atoms with van der Waals surface area (Å²) in [4.78, 5) is 18.9. The molecule has 1 heterocycles. The third-order valence-corrected chi connectivity index (χ3v) is 3.56. The Morgan fingerprint density at radius 3 is 2.60 bits per heavy atom. The monoisotopic (exact) mass is 310 g/mol. The van der Waals surface area contributed by atoms with Crippen molar-refractivity contribution in [2.75, 3.05) is 0 Å². The maximum absolute atomic E-state index is 11.7. The zero-order valence-corrected chi connectivity index (χ0v) is 12.9. The van der Waals surface area contributed by atoms with Gasteiger partial charge in [-0.05, 0) is 30.0 Å². The Balaban J connectivity index is 2.26. The van der Waals surface area contributed by atoms with Crippen molar-refractivity contribution in [3.8, 4) is 0 Å². The molecule has 2 aromatic rings. The molecule has 0 atom stereocenters. The Morgan fingerprint density at radius 1 is 1.20 bits per heavy atom. The lowest BCUT2D eigenvalue weighted by Gasteiger charge is -2.07. The van der Waals surface area contributed by atoms with E-state index in [0.29, 0.717) is 28.2 Å². The van der Waals surface area contributed by atoms with Crippen molar-refractivity contribution in [1.82, 2.24) is 9.97 Å². The number of aromatic nitrogens is 2. The van der Waals surface area contributed by atoms with Gasteiger partial charge in [-0.1, -0.05) is 43.1 Å². The molecule has 1 N–H and O–H groups in total. The second-order valence-corrected chi connectivity index (χ2v) is 6.02. The van der Waals surface area contributed by atoms with Gasteiger partial charge in [0.25, 0.3) is 5.56 Å². The number of hydrogen-bond donors (Lipinski definition) is 1. The van der Waals surface area contributed by atoms with Crippen molar-refractivity contribution in [2.24, 2.45) is 5.92 Å². The van der Waals surface area contributed by atoms with Crippen LogP contribution in [0, 0.1) is 5.92 Å². The molecule has 1 aromatic heterocycles. The molecular weight excluding hydrogens is 295 g/mol. The van der Waals surface area contributed by atoms with Gasteiger partial charge in [0.1, 0.15) is 5.82 Å². The highest BCUT2D eigenvalue weighted by molar-refractivity contribution is 6.42. The molecule has 1 aromatic carbocycles. The fourth-order valence-electron chi connectivity index (χ4n) is 2.01. The minimum Gasteiger partial charge on any atom is -0.310 e. The third kappa shape index (κ3) is 4.09. The number of benzene rings is 1. The predicted octanol–water partition coefficient (Wildman–Crippen LogP) is 3.87. The molecule has 5 heteroatoms. The maximum atomic E-state index is 11.7. The third-order valence-electron chi connectivity index (χ3n) is 2.82. The van der Waals surface area contributed by atoms with Crippen LogP contribution in [0.4, 0.5) is 0 Å². The average molecular weight is 311 g/mol. The molecule has 106 valence electrons. The van der Waals surface area contributed by atoms with Crippen LogP contribution < -0.4 is 5.56 Å². The molecule has 0 amide bonds. The van der Waals surface area contributed by atoms with Crippen LogP contribution in [-0.2, 0) is 12.8 Å². The maximum Gasteiger partial charge on any atom is 0.251 e. The summed E-state index contributed by atoms with van der Waals surface area (Å²) in [5, 5.41) is 1.02. The van der Waals surface area contributed by atoms with E-state index in [4.69, 9.17) is 23.2 Å². The standard InChI is InChI=1S/C15H16Cl2N2O/c1-9(2)5-11-8-15(20)19-14(18-11)7-10-3-4-12(16)13(17)6-10/h3-4,6,8-9H,5,7H2,1-2H3,(H,18,19,20). The second kappa shape index (κ2) is 6.42. The highest BCUT2D eigenvalue weighted by Crippen LogP contribution is 2.23. The number of aromatic amines is 1. The summed E-state index contributed by atoms with van der Waals surface area (Å²) < 4.78 is 0. The van der Waals surface area contributed by atoms with E-state index < -0.39 is 0 Å². The number of rotatable bonds is 4. The average Bonchev–Trinajstić information content (AvgIpc) is 2.32. The van der Waals surface area contributed by atoms with Crippen LogP contribution in [0.2, 0.25) is 10.0 Å². The van der Waals surface area contributed by atoms with E-state index >= 15 is 0 Å². The smallest absolute Gasteiger partial charge is 0.251 e. The second-order valence-electron chi connectivity index (χ2n) is 5.21. The molecule has 0 fully saturated rings. The summed E-state index contributed by atoms with van der Waals surface area (Å²) in [5.41, 5.74) is 1.66. The first-order chi connectivity index (χ1) is 9.44. The molecular formula is C15H16Cl2N2O. The number of halogens is 2. The van der Waals surface area contributed by atoms with Gasteiger partial charge in [0.2, 0.25) is 0 Å². The lowest BCUT2D eigenvalue weighted by atomic mass is 10.1. The van der Waals surface area contributed by atoms with Crippen molar-refractivity contribution in [3.05, 3.63) is 61.7 Å².